The largest absolute Gasteiger partial charge is 0.289 e. The van der Waals surface area contributed by atoms with Crippen LogP contribution in [0.25, 0.3) is 5.57 Å². The maximum absolute atomic E-state index is 13.6. The average molecular weight is 332 g/mol. The lowest BCUT2D eigenvalue weighted by Crippen LogP contribution is -2.47. The van der Waals surface area contributed by atoms with E-state index in [0.717, 1.165) is 18.5 Å². The van der Waals surface area contributed by atoms with Crippen LogP contribution in [0.15, 0.2) is 54.6 Å². The molecular formula is C22H21FN2. The highest BCUT2D eigenvalue weighted by atomic mass is 19.1. The summed E-state index contributed by atoms with van der Waals surface area (Å²) >= 11 is 0. The van der Waals surface area contributed by atoms with Gasteiger partial charge in [0.05, 0.1) is 5.56 Å². The van der Waals surface area contributed by atoms with E-state index in [1.165, 1.54) is 36.5 Å². The van der Waals surface area contributed by atoms with Gasteiger partial charge in [0.2, 0.25) is 0 Å². The Morgan fingerprint density at radius 2 is 1.96 bits per heavy atom. The fourth-order valence-electron chi connectivity index (χ4n) is 4.18. The van der Waals surface area contributed by atoms with E-state index in [9.17, 15) is 4.39 Å². The van der Waals surface area contributed by atoms with Crippen molar-refractivity contribution in [1.29, 1.82) is 5.26 Å². The van der Waals surface area contributed by atoms with Gasteiger partial charge in [0.25, 0.3) is 0 Å². The fourth-order valence-corrected chi connectivity index (χ4v) is 4.18. The molecule has 0 aliphatic carbocycles. The van der Waals surface area contributed by atoms with Gasteiger partial charge in [-0.05, 0) is 48.1 Å². The van der Waals surface area contributed by atoms with Crippen LogP contribution in [-0.2, 0) is 6.54 Å². The molecule has 2 aromatic carbocycles. The number of hydrogen-bond donors (Lipinski definition) is 0. The first-order valence-electron chi connectivity index (χ1n) is 8.95. The molecule has 4 rings (SSSR count). The molecule has 2 nitrogen and oxygen atoms in total. The van der Waals surface area contributed by atoms with Gasteiger partial charge in [-0.15, -0.1) is 0 Å². The van der Waals surface area contributed by atoms with Gasteiger partial charge >= 0.3 is 0 Å². The second kappa shape index (κ2) is 6.82. The monoisotopic (exact) mass is 332 g/mol. The van der Waals surface area contributed by atoms with Gasteiger partial charge in [-0.3, -0.25) is 4.90 Å². The van der Waals surface area contributed by atoms with Crippen molar-refractivity contribution in [2.75, 3.05) is 0 Å². The van der Waals surface area contributed by atoms with Gasteiger partial charge in [0.1, 0.15) is 11.9 Å². The van der Waals surface area contributed by atoms with E-state index in [1.54, 1.807) is 6.07 Å². The molecule has 126 valence electrons. The quantitative estimate of drug-likeness (QED) is 0.799. The van der Waals surface area contributed by atoms with Gasteiger partial charge in [-0.2, -0.15) is 5.26 Å². The summed E-state index contributed by atoms with van der Waals surface area (Å²) < 4.78 is 13.6. The highest BCUT2D eigenvalue weighted by molar-refractivity contribution is 5.69. The average Bonchev–Trinajstić information content (AvgIpc) is 2.63. The van der Waals surface area contributed by atoms with Crippen LogP contribution >= 0.6 is 0 Å². The summed E-state index contributed by atoms with van der Waals surface area (Å²) in [6, 6.07) is 18.5. The number of benzene rings is 2. The van der Waals surface area contributed by atoms with Crippen molar-refractivity contribution < 1.29 is 4.39 Å². The summed E-state index contributed by atoms with van der Waals surface area (Å²) in [5.41, 5.74) is 3.74. The number of halogens is 1. The summed E-state index contributed by atoms with van der Waals surface area (Å²) in [5, 5.41) is 9.09. The number of piperidine rings is 1. The van der Waals surface area contributed by atoms with Crippen LogP contribution in [0.3, 0.4) is 0 Å². The molecule has 0 amide bonds. The van der Waals surface area contributed by atoms with Crippen molar-refractivity contribution in [3.8, 4) is 6.07 Å². The lowest BCUT2D eigenvalue weighted by molar-refractivity contribution is 0.0951. The summed E-state index contributed by atoms with van der Waals surface area (Å²) in [6.45, 7) is 0.979. The van der Waals surface area contributed by atoms with Crippen LogP contribution in [0.1, 0.15) is 42.4 Å². The second-order valence-electron chi connectivity index (χ2n) is 7.01. The minimum Gasteiger partial charge on any atom is -0.289 e. The molecule has 2 heterocycles. The van der Waals surface area contributed by atoms with Crippen LogP contribution in [0.2, 0.25) is 0 Å². The summed E-state index contributed by atoms with van der Waals surface area (Å²) in [7, 11) is 0. The van der Waals surface area contributed by atoms with Crippen molar-refractivity contribution >= 4 is 5.57 Å². The van der Waals surface area contributed by atoms with Gasteiger partial charge in [-0.1, -0.05) is 48.9 Å². The summed E-state index contributed by atoms with van der Waals surface area (Å²) in [6.07, 6.45) is 6.94. The Labute approximate surface area is 148 Å². The van der Waals surface area contributed by atoms with Gasteiger partial charge in [0.15, 0.2) is 0 Å². The molecule has 25 heavy (non-hydrogen) atoms. The molecular weight excluding hydrogens is 311 g/mol. The Morgan fingerprint density at radius 1 is 1.12 bits per heavy atom. The van der Waals surface area contributed by atoms with E-state index in [0.29, 0.717) is 12.1 Å². The maximum atomic E-state index is 13.6. The molecule has 2 bridgehead atoms. The topological polar surface area (TPSA) is 27.0 Å². The molecule has 3 heteroatoms. The zero-order valence-electron chi connectivity index (χ0n) is 14.2. The molecule has 0 aromatic heterocycles. The Hall–Kier alpha value is -2.44. The number of nitriles is 1. The van der Waals surface area contributed by atoms with Crippen molar-refractivity contribution in [2.45, 2.75) is 44.3 Å². The van der Waals surface area contributed by atoms with Crippen LogP contribution in [0, 0.1) is 17.1 Å². The minimum absolute atomic E-state index is 0.135. The van der Waals surface area contributed by atoms with Crippen molar-refractivity contribution in [2.24, 2.45) is 0 Å². The number of fused-ring (bicyclic) bond motifs is 2. The van der Waals surface area contributed by atoms with E-state index >= 15 is 0 Å². The Bertz CT molecular complexity index is 835. The SMILES string of the molecule is N#Cc1cc(C2=CC3CCCC(C2)N3Cc2ccccc2)ccc1F. The first-order chi connectivity index (χ1) is 12.2. The van der Waals surface area contributed by atoms with Gasteiger partial charge in [0, 0.05) is 18.6 Å². The number of hydrogen-bond acceptors (Lipinski definition) is 2. The zero-order valence-corrected chi connectivity index (χ0v) is 14.2. The predicted molar refractivity (Wildman–Crippen MR) is 97.1 cm³/mol. The normalized spacial score (nSPS) is 23.0. The van der Waals surface area contributed by atoms with E-state index in [1.807, 2.05) is 12.1 Å². The molecule has 0 saturated carbocycles. The zero-order chi connectivity index (χ0) is 17.2. The Kier molecular flexibility index (Phi) is 4.38. The minimum atomic E-state index is -0.437. The highest BCUT2D eigenvalue weighted by Crippen LogP contribution is 2.38. The standard InChI is InChI=1S/C22H21FN2/c23-22-10-9-17(11-19(22)14-24)18-12-20-7-4-8-21(13-18)25(20)15-16-5-2-1-3-6-16/h1-3,5-6,9-12,20-21H,4,7-8,13,15H2. The van der Waals surface area contributed by atoms with E-state index in [2.05, 4.69) is 41.3 Å². The second-order valence-corrected chi connectivity index (χ2v) is 7.01. The third kappa shape index (κ3) is 3.23. The first kappa shape index (κ1) is 16.1. The predicted octanol–water partition coefficient (Wildman–Crippen LogP) is 4.91. The lowest BCUT2D eigenvalue weighted by Gasteiger charge is -2.45. The summed E-state index contributed by atoms with van der Waals surface area (Å²) in [5.74, 6) is -0.437. The molecule has 0 N–H and O–H groups in total. The van der Waals surface area contributed by atoms with Crippen LogP contribution in [-0.4, -0.2) is 17.0 Å². The molecule has 2 aromatic rings. The third-order valence-corrected chi connectivity index (χ3v) is 5.45. The first-order valence-corrected chi connectivity index (χ1v) is 8.95. The van der Waals surface area contributed by atoms with Crippen molar-refractivity contribution in [3.63, 3.8) is 0 Å². The molecule has 0 radical (unpaired) electrons. The molecule has 2 aliphatic rings. The maximum Gasteiger partial charge on any atom is 0.140 e. The van der Waals surface area contributed by atoms with E-state index in [-0.39, 0.29) is 5.56 Å². The van der Waals surface area contributed by atoms with E-state index in [4.69, 9.17) is 5.26 Å². The van der Waals surface area contributed by atoms with Crippen molar-refractivity contribution in [1.82, 2.24) is 4.90 Å². The smallest absolute Gasteiger partial charge is 0.140 e. The Morgan fingerprint density at radius 3 is 2.72 bits per heavy atom. The fraction of sp³-hybridized carbons (Fsp3) is 0.318. The summed E-state index contributed by atoms with van der Waals surface area (Å²) in [4.78, 5) is 2.61. The van der Waals surface area contributed by atoms with Crippen molar-refractivity contribution in [3.05, 3.63) is 77.1 Å². The number of nitrogens with zero attached hydrogens (tertiary/aromatic N) is 2. The number of rotatable bonds is 3. The van der Waals surface area contributed by atoms with Gasteiger partial charge in [-0.25, -0.2) is 4.39 Å². The van der Waals surface area contributed by atoms with Crippen LogP contribution in [0.4, 0.5) is 4.39 Å². The molecule has 2 atom stereocenters. The third-order valence-electron chi connectivity index (χ3n) is 5.45. The van der Waals surface area contributed by atoms with Crippen LogP contribution < -0.4 is 0 Å². The lowest BCUT2D eigenvalue weighted by atomic mass is 9.82. The molecule has 2 unspecified atom stereocenters. The van der Waals surface area contributed by atoms with Crippen LogP contribution in [0.5, 0.6) is 0 Å². The molecule has 2 aliphatic heterocycles. The molecule has 1 fully saturated rings. The van der Waals surface area contributed by atoms with E-state index < -0.39 is 5.82 Å². The Balaban J connectivity index is 1.62. The molecule has 0 spiro atoms. The highest BCUT2D eigenvalue weighted by Gasteiger charge is 2.34. The molecule has 1 saturated heterocycles. The van der Waals surface area contributed by atoms with Gasteiger partial charge < -0.3 is 0 Å².